The topological polar surface area (TPSA) is 37.3 Å². The van der Waals surface area contributed by atoms with Gasteiger partial charge in [-0.05, 0) is 31.0 Å². The summed E-state index contributed by atoms with van der Waals surface area (Å²) in [7, 11) is 0. The van der Waals surface area contributed by atoms with Gasteiger partial charge in [-0.25, -0.2) is 0 Å². The van der Waals surface area contributed by atoms with Crippen molar-refractivity contribution < 1.29 is 9.90 Å². The normalized spacial score (nSPS) is 9.00. The zero-order valence-electron chi connectivity index (χ0n) is 8.29. The monoisotopic (exact) mass is 188 g/mol. The van der Waals surface area contributed by atoms with E-state index >= 15 is 0 Å². The number of carbonyl (C=O) groups is 1. The van der Waals surface area contributed by atoms with Crippen molar-refractivity contribution in [2.45, 2.75) is 20.3 Å². The van der Waals surface area contributed by atoms with E-state index in [0.29, 0.717) is 0 Å². The van der Waals surface area contributed by atoms with Crippen molar-refractivity contribution in [3.05, 3.63) is 34.9 Å². The molecule has 0 unspecified atom stereocenters. The standard InChI is InChI=1S/C12H12O2/c1-9-6-7-10(2)11(8-9)4-3-5-12(13)14/h6-8H,5H2,1-2H3,(H,13,14). The minimum atomic E-state index is -0.886. The van der Waals surface area contributed by atoms with Crippen molar-refractivity contribution in [1.29, 1.82) is 0 Å². The lowest BCUT2D eigenvalue weighted by Crippen LogP contribution is -1.90. The van der Waals surface area contributed by atoms with Crippen LogP contribution in [0.2, 0.25) is 0 Å². The van der Waals surface area contributed by atoms with Crippen LogP contribution in [0.15, 0.2) is 18.2 Å². The van der Waals surface area contributed by atoms with Gasteiger partial charge in [0, 0.05) is 5.56 Å². The van der Waals surface area contributed by atoms with E-state index in [-0.39, 0.29) is 6.42 Å². The maximum absolute atomic E-state index is 10.2. The van der Waals surface area contributed by atoms with Gasteiger partial charge in [-0.2, -0.15) is 0 Å². The molecular weight excluding hydrogens is 176 g/mol. The molecular formula is C12H12O2. The molecule has 1 N–H and O–H groups in total. The molecule has 2 nitrogen and oxygen atoms in total. The molecule has 0 radical (unpaired) electrons. The molecule has 0 atom stereocenters. The largest absolute Gasteiger partial charge is 0.481 e. The Labute approximate surface area is 83.6 Å². The summed E-state index contributed by atoms with van der Waals surface area (Å²) in [5.41, 5.74) is 3.12. The highest BCUT2D eigenvalue weighted by Gasteiger charge is 1.94. The second kappa shape index (κ2) is 4.48. The van der Waals surface area contributed by atoms with E-state index < -0.39 is 5.97 Å². The molecule has 0 aliphatic heterocycles. The summed E-state index contributed by atoms with van der Waals surface area (Å²) in [6, 6.07) is 5.96. The number of rotatable bonds is 1. The maximum atomic E-state index is 10.2. The Hall–Kier alpha value is -1.75. The van der Waals surface area contributed by atoms with Crippen LogP contribution in [0.3, 0.4) is 0 Å². The molecule has 14 heavy (non-hydrogen) atoms. The molecule has 1 aromatic rings. The third-order valence-corrected chi connectivity index (χ3v) is 1.86. The molecule has 0 spiro atoms. The summed E-state index contributed by atoms with van der Waals surface area (Å²) >= 11 is 0. The van der Waals surface area contributed by atoms with Gasteiger partial charge in [-0.3, -0.25) is 4.79 Å². The molecule has 0 aliphatic rings. The molecule has 0 aliphatic carbocycles. The second-order valence-corrected chi connectivity index (χ2v) is 3.19. The van der Waals surface area contributed by atoms with Gasteiger partial charge in [0.05, 0.1) is 0 Å². The van der Waals surface area contributed by atoms with Crippen LogP contribution in [0, 0.1) is 25.7 Å². The van der Waals surface area contributed by atoms with Crippen molar-refractivity contribution >= 4 is 5.97 Å². The first kappa shape index (κ1) is 10.3. The fraction of sp³-hybridized carbons (Fsp3) is 0.250. The molecule has 0 fully saturated rings. The van der Waals surface area contributed by atoms with E-state index in [4.69, 9.17) is 5.11 Å². The Balaban J connectivity index is 2.88. The number of carboxylic acids is 1. The molecule has 1 aromatic carbocycles. The molecule has 72 valence electrons. The first-order valence-electron chi connectivity index (χ1n) is 4.37. The zero-order valence-corrected chi connectivity index (χ0v) is 8.29. The maximum Gasteiger partial charge on any atom is 0.315 e. The van der Waals surface area contributed by atoms with Crippen LogP contribution < -0.4 is 0 Å². The quantitative estimate of drug-likeness (QED) is 0.685. The van der Waals surface area contributed by atoms with Crippen molar-refractivity contribution in [2.24, 2.45) is 0 Å². The summed E-state index contributed by atoms with van der Waals surface area (Å²) in [5, 5.41) is 8.41. The highest BCUT2D eigenvalue weighted by molar-refractivity contribution is 5.70. The van der Waals surface area contributed by atoms with Crippen LogP contribution >= 0.6 is 0 Å². The molecule has 0 heterocycles. The number of hydrogen-bond donors (Lipinski definition) is 1. The summed E-state index contributed by atoms with van der Waals surface area (Å²) < 4.78 is 0. The fourth-order valence-electron chi connectivity index (χ4n) is 1.09. The molecule has 2 heteroatoms. The summed E-state index contributed by atoms with van der Waals surface area (Å²) in [6.07, 6.45) is -0.104. The Kier molecular flexibility index (Phi) is 3.30. The van der Waals surface area contributed by atoms with Gasteiger partial charge >= 0.3 is 5.97 Å². The van der Waals surface area contributed by atoms with Gasteiger partial charge in [0.1, 0.15) is 6.42 Å². The molecule has 0 bridgehead atoms. The van der Waals surface area contributed by atoms with Gasteiger partial charge in [0.15, 0.2) is 0 Å². The molecule has 0 saturated heterocycles. The molecule has 0 aromatic heterocycles. The molecule has 1 rings (SSSR count). The van der Waals surface area contributed by atoms with Crippen molar-refractivity contribution in [2.75, 3.05) is 0 Å². The van der Waals surface area contributed by atoms with Crippen LogP contribution in [-0.2, 0) is 4.79 Å². The zero-order chi connectivity index (χ0) is 10.6. The predicted molar refractivity (Wildman–Crippen MR) is 55.0 cm³/mol. The Morgan fingerprint density at radius 2 is 2.14 bits per heavy atom. The number of benzene rings is 1. The third kappa shape index (κ3) is 2.95. The van der Waals surface area contributed by atoms with Gasteiger partial charge in [0.25, 0.3) is 0 Å². The van der Waals surface area contributed by atoms with E-state index in [9.17, 15) is 4.79 Å². The lowest BCUT2D eigenvalue weighted by molar-refractivity contribution is -0.135. The van der Waals surface area contributed by atoms with Crippen LogP contribution in [0.1, 0.15) is 23.1 Å². The molecule has 0 saturated carbocycles. The minimum Gasteiger partial charge on any atom is -0.481 e. The van der Waals surface area contributed by atoms with Gasteiger partial charge in [-0.1, -0.05) is 24.0 Å². The SMILES string of the molecule is Cc1ccc(C)c(C#CCC(=O)O)c1. The second-order valence-electron chi connectivity index (χ2n) is 3.19. The van der Waals surface area contributed by atoms with Crippen LogP contribution in [0.4, 0.5) is 0 Å². The summed E-state index contributed by atoms with van der Waals surface area (Å²) in [4.78, 5) is 10.2. The average molecular weight is 188 g/mol. The number of carboxylic acid groups (broad SMARTS) is 1. The molecule has 0 amide bonds. The highest BCUT2D eigenvalue weighted by Crippen LogP contribution is 2.08. The van der Waals surface area contributed by atoms with Crippen molar-refractivity contribution in [3.8, 4) is 11.8 Å². The predicted octanol–water partition coefficient (Wildman–Crippen LogP) is 2.13. The highest BCUT2D eigenvalue weighted by atomic mass is 16.4. The number of aliphatic carboxylic acids is 1. The average Bonchev–Trinajstić information content (AvgIpc) is 2.10. The summed E-state index contributed by atoms with van der Waals surface area (Å²) in [5.74, 6) is 4.59. The Bertz CT molecular complexity index is 408. The van der Waals surface area contributed by atoms with Crippen LogP contribution in [0.25, 0.3) is 0 Å². The van der Waals surface area contributed by atoms with E-state index in [1.54, 1.807) is 0 Å². The van der Waals surface area contributed by atoms with E-state index in [2.05, 4.69) is 11.8 Å². The lowest BCUT2D eigenvalue weighted by Gasteiger charge is -1.98. The fourth-order valence-corrected chi connectivity index (χ4v) is 1.09. The van der Waals surface area contributed by atoms with Crippen molar-refractivity contribution in [1.82, 2.24) is 0 Å². The van der Waals surface area contributed by atoms with Gasteiger partial charge in [-0.15, -0.1) is 0 Å². The van der Waals surface area contributed by atoms with Crippen LogP contribution in [-0.4, -0.2) is 11.1 Å². The Morgan fingerprint density at radius 3 is 2.79 bits per heavy atom. The first-order valence-corrected chi connectivity index (χ1v) is 4.37. The summed E-state index contributed by atoms with van der Waals surface area (Å²) in [6.45, 7) is 3.95. The van der Waals surface area contributed by atoms with Crippen LogP contribution in [0.5, 0.6) is 0 Å². The Morgan fingerprint density at radius 1 is 1.43 bits per heavy atom. The van der Waals surface area contributed by atoms with Gasteiger partial charge in [0.2, 0.25) is 0 Å². The van der Waals surface area contributed by atoms with Gasteiger partial charge < -0.3 is 5.11 Å². The van der Waals surface area contributed by atoms with E-state index in [0.717, 1.165) is 16.7 Å². The van der Waals surface area contributed by atoms with E-state index in [1.807, 2.05) is 32.0 Å². The lowest BCUT2D eigenvalue weighted by atomic mass is 10.1. The number of hydrogen-bond acceptors (Lipinski definition) is 1. The minimum absolute atomic E-state index is 0.104. The van der Waals surface area contributed by atoms with E-state index in [1.165, 1.54) is 0 Å². The first-order chi connectivity index (χ1) is 6.59. The van der Waals surface area contributed by atoms with Crippen molar-refractivity contribution in [3.63, 3.8) is 0 Å². The number of aryl methyl sites for hydroxylation is 2. The smallest absolute Gasteiger partial charge is 0.315 e. The third-order valence-electron chi connectivity index (χ3n) is 1.86.